The number of rotatable bonds is 6. The molecule has 1 heteroatoms. The highest BCUT2D eigenvalue weighted by Gasteiger charge is 2.26. The first kappa shape index (κ1) is 20.1. The van der Waals surface area contributed by atoms with Crippen molar-refractivity contribution in [3.63, 3.8) is 0 Å². The molecular weight excluding hydrogens is 292 g/mol. The third kappa shape index (κ3) is 7.09. The average Bonchev–Trinajstić information content (AvgIpc) is 2.50. The summed E-state index contributed by atoms with van der Waals surface area (Å²) in [6, 6.07) is 0. The van der Waals surface area contributed by atoms with Crippen molar-refractivity contribution >= 4 is 0 Å². The Hall–Kier alpha value is -1.94. The van der Waals surface area contributed by atoms with E-state index in [4.69, 9.17) is 4.74 Å². The van der Waals surface area contributed by atoms with Gasteiger partial charge in [0.25, 0.3) is 0 Å². The summed E-state index contributed by atoms with van der Waals surface area (Å²) in [5.41, 5.74) is 5.78. The molecule has 1 rings (SSSR count). The molecule has 0 aliphatic heterocycles. The Labute approximate surface area is 148 Å². The highest BCUT2D eigenvalue weighted by molar-refractivity contribution is 5.37. The molecule has 0 saturated carbocycles. The van der Waals surface area contributed by atoms with E-state index in [-0.39, 0.29) is 0 Å². The summed E-state index contributed by atoms with van der Waals surface area (Å²) in [5, 5.41) is 0. The lowest BCUT2D eigenvalue weighted by atomic mass is 9.72. The van der Waals surface area contributed by atoms with Crippen molar-refractivity contribution in [1.82, 2.24) is 0 Å². The molecule has 0 radical (unpaired) electrons. The van der Waals surface area contributed by atoms with Gasteiger partial charge in [0.1, 0.15) is 12.7 Å². The second-order valence-electron chi connectivity index (χ2n) is 7.15. The molecule has 0 aromatic carbocycles. The molecule has 0 aromatic rings. The number of allylic oxidation sites excluding steroid dienone is 9. The lowest BCUT2D eigenvalue weighted by Gasteiger charge is -2.32. The van der Waals surface area contributed by atoms with Crippen LogP contribution in [-0.2, 0) is 4.74 Å². The third-order valence-electron chi connectivity index (χ3n) is 4.44. The molecule has 24 heavy (non-hydrogen) atoms. The van der Waals surface area contributed by atoms with Crippen LogP contribution in [0.2, 0.25) is 0 Å². The van der Waals surface area contributed by atoms with Crippen LogP contribution in [0.15, 0.2) is 58.7 Å². The maximum absolute atomic E-state index is 5.11. The van der Waals surface area contributed by atoms with Crippen molar-refractivity contribution in [1.29, 1.82) is 0 Å². The maximum Gasteiger partial charge on any atom is 0.119 e. The van der Waals surface area contributed by atoms with Crippen LogP contribution in [0.4, 0.5) is 0 Å². The van der Waals surface area contributed by atoms with Gasteiger partial charge in [0.05, 0.1) is 0 Å². The fourth-order valence-corrected chi connectivity index (χ4v) is 2.99. The quantitative estimate of drug-likeness (QED) is 0.307. The van der Waals surface area contributed by atoms with Gasteiger partial charge in [0, 0.05) is 6.92 Å². The Bertz CT molecular complexity index is 625. The molecule has 0 N–H and O–H groups in total. The van der Waals surface area contributed by atoms with E-state index in [1.165, 1.54) is 36.0 Å². The molecular formula is C23H32O. The van der Waals surface area contributed by atoms with E-state index in [1.807, 2.05) is 6.08 Å². The molecule has 0 amide bonds. The maximum atomic E-state index is 5.11. The summed E-state index contributed by atoms with van der Waals surface area (Å²) in [4.78, 5) is 0. The van der Waals surface area contributed by atoms with Gasteiger partial charge in [-0.25, -0.2) is 0 Å². The van der Waals surface area contributed by atoms with Crippen molar-refractivity contribution in [3.8, 4) is 12.0 Å². The largest absolute Gasteiger partial charge is 0.442 e. The fourth-order valence-electron chi connectivity index (χ4n) is 2.99. The van der Waals surface area contributed by atoms with Gasteiger partial charge in [-0.1, -0.05) is 66.9 Å². The number of ether oxygens (including phenoxy) is 1. The highest BCUT2D eigenvalue weighted by atomic mass is 16.5. The Morgan fingerprint density at radius 2 is 1.96 bits per heavy atom. The van der Waals surface area contributed by atoms with Gasteiger partial charge in [-0.15, -0.1) is 0 Å². The van der Waals surface area contributed by atoms with Crippen LogP contribution < -0.4 is 0 Å². The molecule has 0 atom stereocenters. The lowest BCUT2D eigenvalue weighted by Crippen LogP contribution is -2.19. The van der Waals surface area contributed by atoms with Crippen LogP contribution in [0, 0.1) is 17.4 Å². The molecule has 0 unspecified atom stereocenters. The summed E-state index contributed by atoms with van der Waals surface area (Å²) in [6.07, 6.45) is 19.3. The Balaban J connectivity index is 2.66. The summed E-state index contributed by atoms with van der Waals surface area (Å²) in [5.74, 6) is 2.71. The van der Waals surface area contributed by atoms with E-state index < -0.39 is 0 Å². The molecule has 0 heterocycles. The van der Waals surface area contributed by atoms with Crippen molar-refractivity contribution in [2.45, 2.75) is 60.8 Å². The van der Waals surface area contributed by atoms with E-state index in [0.717, 1.165) is 0 Å². The Kier molecular flexibility index (Phi) is 8.41. The second kappa shape index (κ2) is 10.0. The second-order valence-corrected chi connectivity index (χ2v) is 7.15. The van der Waals surface area contributed by atoms with E-state index in [9.17, 15) is 0 Å². The molecule has 0 bridgehead atoms. The molecule has 1 aliphatic rings. The average molecular weight is 325 g/mol. The zero-order valence-electron chi connectivity index (χ0n) is 16.2. The van der Waals surface area contributed by atoms with Crippen molar-refractivity contribution < 1.29 is 4.74 Å². The highest BCUT2D eigenvalue weighted by Crippen LogP contribution is 2.40. The molecule has 130 valence electrons. The minimum Gasteiger partial charge on any atom is -0.442 e. The first-order chi connectivity index (χ1) is 11.4. The van der Waals surface area contributed by atoms with Gasteiger partial charge in [-0.3, -0.25) is 0 Å². The van der Waals surface area contributed by atoms with Gasteiger partial charge in [0.15, 0.2) is 0 Å². The fraction of sp³-hybridized carbons (Fsp3) is 0.478. The van der Waals surface area contributed by atoms with Gasteiger partial charge >= 0.3 is 0 Å². The number of hydrogen-bond donors (Lipinski definition) is 0. The normalized spacial score (nSPS) is 18.9. The molecule has 0 aromatic heterocycles. The van der Waals surface area contributed by atoms with Crippen LogP contribution >= 0.6 is 0 Å². The van der Waals surface area contributed by atoms with Gasteiger partial charge < -0.3 is 4.74 Å². The minimum atomic E-state index is 0.301. The van der Waals surface area contributed by atoms with E-state index in [0.29, 0.717) is 12.0 Å². The lowest BCUT2D eigenvalue weighted by molar-refractivity contribution is 0.320. The molecule has 1 nitrogen and oxygen atoms in total. The van der Waals surface area contributed by atoms with Crippen LogP contribution in [-0.4, -0.2) is 6.61 Å². The van der Waals surface area contributed by atoms with E-state index in [2.05, 4.69) is 77.0 Å². The predicted octanol–water partition coefficient (Wildman–Crippen LogP) is 6.52. The zero-order valence-corrected chi connectivity index (χ0v) is 16.2. The Morgan fingerprint density at radius 1 is 1.21 bits per heavy atom. The SMILES string of the molecule is CC#COCC=C(C)C=CC=C(C)C=CC1=C(C)CCCC1(C)C. The van der Waals surface area contributed by atoms with Gasteiger partial charge in [-0.2, -0.15) is 0 Å². The molecule has 0 spiro atoms. The van der Waals surface area contributed by atoms with Crippen LogP contribution in [0.25, 0.3) is 0 Å². The number of hydrogen-bond acceptors (Lipinski definition) is 1. The molecule has 1 aliphatic carbocycles. The van der Waals surface area contributed by atoms with Crippen molar-refractivity contribution in [3.05, 3.63) is 58.7 Å². The monoisotopic (exact) mass is 324 g/mol. The summed E-state index contributed by atoms with van der Waals surface area (Å²) < 4.78 is 5.11. The predicted molar refractivity (Wildman–Crippen MR) is 106 cm³/mol. The van der Waals surface area contributed by atoms with Gasteiger partial charge in [-0.05, 0) is 57.1 Å². The van der Waals surface area contributed by atoms with Crippen LogP contribution in [0.1, 0.15) is 60.8 Å². The summed E-state index contributed by atoms with van der Waals surface area (Å²) >= 11 is 0. The van der Waals surface area contributed by atoms with E-state index >= 15 is 0 Å². The molecule has 0 fully saturated rings. The van der Waals surface area contributed by atoms with Crippen molar-refractivity contribution in [2.24, 2.45) is 5.41 Å². The first-order valence-corrected chi connectivity index (χ1v) is 8.80. The van der Waals surface area contributed by atoms with Crippen LogP contribution in [0.5, 0.6) is 0 Å². The Morgan fingerprint density at radius 3 is 2.62 bits per heavy atom. The first-order valence-electron chi connectivity index (χ1n) is 8.80. The summed E-state index contributed by atoms with van der Waals surface area (Å²) in [7, 11) is 0. The summed E-state index contributed by atoms with van der Waals surface area (Å²) in [6.45, 7) is 13.5. The minimum absolute atomic E-state index is 0.301. The smallest absolute Gasteiger partial charge is 0.119 e. The van der Waals surface area contributed by atoms with Gasteiger partial charge in [0.2, 0.25) is 0 Å². The van der Waals surface area contributed by atoms with Crippen molar-refractivity contribution in [2.75, 3.05) is 6.61 Å². The molecule has 0 saturated heterocycles. The zero-order chi connectivity index (χ0) is 18.0. The topological polar surface area (TPSA) is 9.23 Å². The van der Waals surface area contributed by atoms with E-state index in [1.54, 1.807) is 12.5 Å². The third-order valence-corrected chi connectivity index (χ3v) is 4.44. The van der Waals surface area contributed by atoms with Crippen LogP contribution in [0.3, 0.4) is 0 Å². The standard InChI is InChI=1S/C23H32O/c1-7-17-24-18-15-20(3)11-8-10-19(2)13-14-22-21(4)12-9-16-23(22,5)6/h8,10-11,13-15H,9,12,16,18H2,1-6H3.